The number of aliphatic hydroxyl groups excluding tert-OH is 1. The Kier molecular flexibility index (Phi) is 19.9. The predicted molar refractivity (Wildman–Crippen MR) is 87.9 cm³/mol. The third-order valence-corrected chi connectivity index (χ3v) is 3.53. The van der Waals surface area contributed by atoms with Gasteiger partial charge in [0, 0.05) is 26.1 Å². The quantitative estimate of drug-likeness (QED) is 0.256. The molecule has 0 aromatic carbocycles. The summed E-state index contributed by atoms with van der Waals surface area (Å²) in [4.78, 5) is 23.9. The zero-order valence-electron chi connectivity index (χ0n) is 15.9. The van der Waals surface area contributed by atoms with Crippen molar-refractivity contribution in [2.45, 2.75) is 58.3 Å². The van der Waals surface area contributed by atoms with Crippen molar-refractivity contribution in [3.63, 3.8) is 0 Å². The first-order valence-corrected chi connectivity index (χ1v) is 8.41. The normalized spacial score (nSPS) is 10.4. The van der Waals surface area contributed by atoms with Gasteiger partial charge in [0.1, 0.15) is 0 Å². The van der Waals surface area contributed by atoms with Crippen LogP contribution in [0.5, 0.6) is 0 Å². The molecule has 132 valence electrons. The minimum absolute atomic E-state index is 0. The van der Waals surface area contributed by atoms with Crippen LogP contribution in [0.2, 0.25) is 0 Å². The van der Waals surface area contributed by atoms with E-state index in [4.69, 9.17) is 10.2 Å². The molecule has 1 amide bonds. The summed E-state index contributed by atoms with van der Waals surface area (Å²) < 4.78 is 0. The van der Waals surface area contributed by atoms with Gasteiger partial charge in [0.2, 0.25) is 5.91 Å². The summed E-state index contributed by atoms with van der Waals surface area (Å²) in [5.74, 6) is -0.907. The van der Waals surface area contributed by atoms with Gasteiger partial charge in [-0.05, 0) is 6.42 Å². The van der Waals surface area contributed by atoms with Crippen molar-refractivity contribution >= 4 is 11.9 Å². The number of carboxylic acid groups (broad SMARTS) is 1. The van der Waals surface area contributed by atoms with E-state index in [-0.39, 0.29) is 50.0 Å². The Morgan fingerprint density at radius 2 is 1.65 bits per heavy atom. The Labute approximate surface area is 163 Å². The fraction of sp³-hybridized carbons (Fsp3) is 0.875. The molecular formula is C16H33N2NaO4. The van der Waals surface area contributed by atoms with Crippen molar-refractivity contribution < 1.29 is 50.8 Å². The number of carbonyl (C=O) groups is 2. The van der Waals surface area contributed by atoms with Crippen LogP contribution in [0.3, 0.4) is 0 Å². The van der Waals surface area contributed by atoms with E-state index < -0.39 is 5.97 Å². The number of hydrogen-bond acceptors (Lipinski definition) is 4. The second-order valence-electron chi connectivity index (χ2n) is 5.61. The molecule has 0 unspecified atom stereocenters. The van der Waals surface area contributed by atoms with Gasteiger partial charge in [-0.1, -0.05) is 45.4 Å². The summed E-state index contributed by atoms with van der Waals surface area (Å²) in [6.45, 7) is 3.16. The topological polar surface area (TPSA) is 89.9 Å². The maximum Gasteiger partial charge on any atom is 1.00 e. The molecule has 0 aliphatic rings. The standard InChI is InChI=1S/C16H32N2O4.Na.H/c1-2-3-4-5-6-7-8-9-15(20)17-10-11-18(12-13-19)14-16(21)22;;/h19H,2-14H2,1H3,(H,17,20)(H,21,22);;/q;+1;-1. The smallest absolute Gasteiger partial charge is 1.00 e. The number of aliphatic carboxylic acids is 1. The molecule has 0 saturated carbocycles. The van der Waals surface area contributed by atoms with Crippen molar-refractivity contribution in [3.05, 3.63) is 0 Å². The van der Waals surface area contributed by atoms with E-state index in [1.54, 1.807) is 4.90 Å². The number of unbranched alkanes of at least 4 members (excludes halogenated alkanes) is 6. The minimum Gasteiger partial charge on any atom is -1.00 e. The van der Waals surface area contributed by atoms with E-state index in [0.29, 0.717) is 26.1 Å². The monoisotopic (exact) mass is 340 g/mol. The molecule has 0 fully saturated rings. The zero-order chi connectivity index (χ0) is 16.6. The van der Waals surface area contributed by atoms with Crippen LogP contribution in [0.1, 0.15) is 59.7 Å². The van der Waals surface area contributed by atoms with E-state index >= 15 is 0 Å². The van der Waals surface area contributed by atoms with Gasteiger partial charge in [0.15, 0.2) is 0 Å². The van der Waals surface area contributed by atoms with Gasteiger partial charge < -0.3 is 17.0 Å². The number of amides is 1. The number of carbonyl (C=O) groups excluding carboxylic acids is 1. The minimum atomic E-state index is -0.928. The molecule has 0 radical (unpaired) electrons. The maximum atomic E-state index is 11.6. The molecule has 0 aliphatic carbocycles. The molecular weight excluding hydrogens is 307 g/mol. The van der Waals surface area contributed by atoms with Crippen LogP contribution in [0.15, 0.2) is 0 Å². The average Bonchev–Trinajstić information content (AvgIpc) is 2.46. The molecule has 0 atom stereocenters. The van der Waals surface area contributed by atoms with Gasteiger partial charge in [0.05, 0.1) is 13.2 Å². The molecule has 0 rings (SSSR count). The Morgan fingerprint density at radius 3 is 2.22 bits per heavy atom. The first-order chi connectivity index (χ1) is 10.6. The summed E-state index contributed by atoms with van der Waals surface area (Å²) in [6.07, 6.45) is 8.80. The van der Waals surface area contributed by atoms with Gasteiger partial charge in [0.25, 0.3) is 0 Å². The van der Waals surface area contributed by atoms with E-state index in [1.165, 1.54) is 32.1 Å². The van der Waals surface area contributed by atoms with Gasteiger partial charge in [-0.2, -0.15) is 0 Å². The van der Waals surface area contributed by atoms with Crippen molar-refractivity contribution in [1.82, 2.24) is 10.2 Å². The van der Waals surface area contributed by atoms with Crippen molar-refractivity contribution in [1.29, 1.82) is 0 Å². The summed E-state index contributed by atoms with van der Waals surface area (Å²) in [7, 11) is 0. The number of hydrogen-bond donors (Lipinski definition) is 3. The largest absolute Gasteiger partial charge is 1.00 e. The van der Waals surface area contributed by atoms with Gasteiger partial charge in [-0.15, -0.1) is 0 Å². The molecule has 0 aromatic rings. The number of nitrogens with zero attached hydrogens (tertiary/aromatic N) is 1. The molecule has 23 heavy (non-hydrogen) atoms. The summed E-state index contributed by atoms with van der Waals surface area (Å²) >= 11 is 0. The van der Waals surface area contributed by atoms with Crippen molar-refractivity contribution in [2.75, 3.05) is 32.8 Å². The van der Waals surface area contributed by atoms with Crippen molar-refractivity contribution in [3.8, 4) is 0 Å². The third kappa shape index (κ3) is 18.0. The molecule has 7 heteroatoms. The molecule has 0 aliphatic heterocycles. The van der Waals surface area contributed by atoms with E-state index in [2.05, 4.69) is 12.2 Å². The Morgan fingerprint density at radius 1 is 1.04 bits per heavy atom. The molecule has 3 N–H and O–H groups in total. The number of nitrogens with one attached hydrogen (secondary N) is 1. The zero-order valence-corrected chi connectivity index (χ0v) is 16.9. The average molecular weight is 340 g/mol. The van der Waals surface area contributed by atoms with Crippen LogP contribution in [-0.4, -0.2) is 59.8 Å². The van der Waals surface area contributed by atoms with E-state index in [1.807, 2.05) is 0 Å². The summed E-state index contributed by atoms with van der Waals surface area (Å²) in [6, 6.07) is 0. The second kappa shape index (κ2) is 18.2. The molecule has 6 nitrogen and oxygen atoms in total. The Hall–Kier alpha value is -0.140. The molecule has 0 aromatic heterocycles. The van der Waals surface area contributed by atoms with Crippen LogP contribution < -0.4 is 34.9 Å². The molecule has 0 saturated heterocycles. The van der Waals surface area contributed by atoms with Crippen LogP contribution in [0.25, 0.3) is 0 Å². The third-order valence-electron chi connectivity index (χ3n) is 3.53. The van der Waals surface area contributed by atoms with Gasteiger partial charge >= 0.3 is 35.5 Å². The molecule has 0 heterocycles. The van der Waals surface area contributed by atoms with Gasteiger partial charge in [-0.3, -0.25) is 14.5 Å². The van der Waals surface area contributed by atoms with E-state index in [9.17, 15) is 9.59 Å². The number of rotatable bonds is 15. The van der Waals surface area contributed by atoms with Crippen LogP contribution >= 0.6 is 0 Å². The predicted octanol–water partition coefficient (Wildman–Crippen LogP) is -1.26. The number of carboxylic acids is 1. The van der Waals surface area contributed by atoms with E-state index in [0.717, 1.165) is 12.8 Å². The fourth-order valence-electron chi connectivity index (χ4n) is 2.29. The second-order valence-corrected chi connectivity index (χ2v) is 5.61. The van der Waals surface area contributed by atoms with Gasteiger partial charge in [-0.25, -0.2) is 0 Å². The SMILES string of the molecule is CCCCCCCCCC(=O)NCCN(CCO)CC(=O)O.[H-].[Na+]. The Balaban J connectivity index is -0.00000220. The first kappa shape index (κ1) is 25.1. The van der Waals surface area contributed by atoms with Crippen LogP contribution in [0, 0.1) is 0 Å². The Bertz CT molecular complexity index is 310. The van der Waals surface area contributed by atoms with Crippen LogP contribution in [-0.2, 0) is 9.59 Å². The molecule has 0 spiro atoms. The summed E-state index contributed by atoms with van der Waals surface area (Å²) in [5, 5.41) is 20.4. The number of aliphatic hydroxyl groups is 1. The summed E-state index contributed by atoms with van der Waals surface area (Å²) in [5.41, 5.74) is 0. The molecule has 0 bridgehead atoms. The van der Waals surface area contributed by atoms with Crippen LogP contribution in [0.4, 0.5) is 0 Å². The fourth-order valence-corrected chi connectivity index (χ4v) is 2.29. The first-order valence-electron chi connectivity index (χ1n) is 8.41. The maximum absolute atomic E-state index is 11.6. The van der Waals surface area contributed by atoms with Crippen molar-refractivity contribution in [2.24, 2.45) is 0 Å².